The molecule has 0 bridgehead atoms. The van der Waals surface area contributed by atoms with Crippen LogP contribution in [0.5, 0.6) is 0 Å². The van der Waals surface area contributed by atoms with Gasteiger partial charge in [-0.1, -0.05) is 0 Å². The molecule has 0 spiro atoms. The van der Waals surface area contributed by atoms with Crippen molar-refractivity contribution in [3.05, 3.63) is 34.9 Å². The number of alkyl halides is 6. The molecule has 0 aliphatic rings. The molecule has 0 saturated carbocycles. The van der Waals surface area contributed by atoms with E-state index in [0.29, 0.717) is 12.1 Å². The van der Waals surface area contributed by atoms with Crippen molar-refractivity contribution in [1.29, 1.82) is 0 Å². The fourth-order valence-electron chi connectivity index (χ4n) is 1.65. The summed E-state index contributed by atoms with van der Waals surface area (Å²) in [5.41, 5.74) is -0.315. The van der Waals surface area contributed by atoms with Gasteiger partial charge in [-0.2, -0.15) is 26.3 Å². The van der Waals surface area contributed by atoms with Crippen molar-refractivity contribution < 1.29 is 31.1 Å². The van der Waals surface area contributed by atoms with Crippen LogP contribution in [-0.2, 0) is 22.7 Å². The van der Waals surface area contributed by atoms with Crippen LogP contribution >= 0.6 is 0 Å². The Bertz CT molecular complexity index is 519. The summed E-state index contributed by atoms with van der Waals surface area (Å²) in [6.45, 7) is 1.10. The zero-order valence-corrected chi connectivity index (χ0v) is 11.0. The molecule has 21 heavy (non-hydrogen) atoms. The minimum absolute atomic E-state index is 0.0133. The minimum atomic E-state index is -4.98. The first-order valence-corrected chi connectivity index (χ1v) is 5.61. The predicted octanol–water partition coefficient (Wildman–Crippen LogP) is 2.64. The third-order valence-corrected chi connectivity index (χ3v) is 3.16. The summed E-state index contributed by atoms with van der Waals surface area (Å²) in [6.07, 6.45) is -9.97. The molecule has 0 fully saturated rings. The molecule has 1 amide bonds. The number of hydrogen-bond donors (Lipinski definition) is 2. The summed E-state index contributed by atoms with van der Waals surface area (Å²) < 4.78 is 76.4. The Kier molecular flexibility index (Phi) is 4.29. The van der Waals surface area contributed by atoms with E-state index < -0.39 is 40.5 Å². The second-order valence-electron chi connectivity index (χ2n) is 4.53. The summed E-state index contributed by atoms with van der Waals surface area (Å²) in [7, 11) is 1.21. The zero-order chi connectivity index (χ0) is 16.6. The smallest absolute Gasteiger partial charge is 0.368 e. The van der Waals surface area contributed by atoms with Crippen LogP contribution < -0.4 is 11.1 Å². The van der Waals surface area contributed by atoms with E-state index in [4.69, 9.17) is 5.73 Å². The van der Waals surface area contributed by atoms with E-state index >= 15 is 0 Å². The molecule has 0 aromatic heterocycles. The summed E-state index contributed by atoms with van der Waals surface area (Å²) in [4.78, 5) is 11.4. The lowest BCUT2D eigenvalue weighted by Gasteiger charge is -2.27. The Morgan fingerprint density at radius 3 is 1.52 bits per heavy atom. The number of halogens is 6. The summed E-state index contributed by atoms with van der Waals surface area (Å²) in [5.74, 6) is -1.10. The molecule has 1 rings (SSSR count). The number of likely N-dealkylation sites (N-methyl/N-ethyl adjacent to an activating group) is 1. The molecule has 1 atom stereocenters. The Labute approximate surface area is 116 Å². The van der Waals surface area contributed by atoms with Gasteiger partial charge in [-0.25, -0.2) is 0 Å². The van der Waals surface area contributed by atoms with Gasteiger partial charge in [0, 0.05) is 0 Å². The van der Waals surface area contributed by atoms with Crippen molar-refractivity contribution >= 4 is 5.91 Å². The number of carbonyl (C=O) groups excluding carboxylic acids is 1. The lowest BCUT2D eigenvalue weighted by atomic mass is 9.88. The number of nitrogens with two attached hydrogens (primary N) is 1. The number of hydrogen-bond acceptors (Lipinski definition) is 2. The zero-order valence-electron chi connectivity index (χ0n) is 11.0. The quantitative estimate of drug-likeness (QED) is 0.843. The Balaban J connectivity index is 3.64. The molecule has 1 aromatic rings. The number of rotatable bonds is 3. The molecule has 1 unspecified atom stereocenters. The van der Waals surface area contributed by atoms with Crippen molar-refractivity contribution in [2.45, 2.75) is 24.8 Å². The Hall–Kier alpha value is -1.77. The Morgan fingerprint density at radius 2 is 1.29 bits per heavy atom. The first kappa shape index (κ1) is 17.3. The highest BCUT2D eigenvalue weighted by atomic mass is 19.4. The molecule has 0 heterocycles. The maximum Gasteiger partial charge on any atom is 0.416 e. The van der Waals surface area contributed by atoms with Crippen molar-refractivity contribution in [2.75, 3.05) is 7.05 Å². The van der Waals surface area contributed by atoms with Crippen molar-refractivity contribution in [1.82, 2.24) is 5.32 Å². The molecule has 0 saturated heterocycles. The summed E-state index contributed by atoms with van der Waals surface area (Å²) in [6, 6.07) is 0.924. The van der Waals surface area contributed by atoms with E-state index in [1.807, 2.05) is 0 Å². The van der Waals surface area contributed by atoms with Gasteiger partial charge in [0.2, 0.25) is 5.91 Å². The number of nitrogens with one attached hydrogen (secondary N) is 1. The topological polar surface area (TPSA) is 55.1 Å². The van der Waals surface area contributed by atoms with Crippen LogP contribution in [0, 0.1) is 0 Å². The van der Waals surface area contributed by atoms with Gasteiger partial charge in [0.25, 0.3) is 0 Å². The van der Waals surface area contributed by atoms with E-state index in [1.54, 1.807) is 0 Å². The van der Waals surface area contributed by atoms with Gasteiger partial charge in [-0.05, 0) is 37.7 Å². The first-order chi connectivity index (χ1) is 9.32. The number of amides is 1. The SMILES string of the molecule is CNC(C)(C(N)=O)c1cc(C(F)(F)F)cc(C(F)(F)F)c1. The molecule has 0 aliphatic carbocycles. The second kappa shape index (κ2) is 5.21. The van der Waals surface area contributed by atoms with Crippen LogP contribution in [0.25, 0.3) is 0 Å². The lowest BCUT2D eigenvalue weighted by molar-refractivity contribution is -0.143. The molecule has 3 nitrogen and oxygen atoms in total. The molecule has 118 valence electrons. The highest BCUT2D eigenvalue weighted by molar-refractivity contribution is 5.85. The van der Waals surface area contributed by atoms with Gasteiger partial charge in [0.1, 0.15) is 5.54 Å². The van der Waals surface area contributed by atoms with Gasteiger partial charge in [-0.15, -0.1) is 0 Å². The van der Waals surface area contributed by atoms with E-state index in [0.717, 1.165) is 6.92 Å². The van der Waals surface area contributed by atoms with Crippen LogP contribution in [-0.4, -0.2) is 13.0 Å². The van der Waals surface area contributed by atoms with Gasteiger partial charge in [0.15, 0.2) is 0 Å². The third-order valence-electron chi connectivity index (χ3n) is 3.16. The van der Waals surface area contributed by atoms with Crippen molar-refractivity contribution in [3.63, 3.8) is 0 Å². The lowest BCUT2D eigenvalue weighted by Crippen LogP contribution is -2.48. The van der Waals surface area contributed by atoms with E-state index in [-0.39, 0.29) is 6.07 Å². The van der Waals surface area contributed by atoms with Gasteiger partial charge >= 0.3 is 12.4 Å². The summed E-state index contributed by atoms with van der Waals surface area (Å²) in [5, 5.41) is 2.34. The molecular weight excluding hydrogens is 302 g/mol. The van der Waals surface area contributed by atoms with Crippen molar-refractivity contribution in [2.24, 2.45) is 5.73 Å². The monoisotopic (exact) mass is 314 g/mol. The molecule has 3 N–H and O–H groups in total. The fraction of sp³-hybridized carbons (Fsp3) is 0.417. The summed E-state index contributed by atoms with van der Waals surface area (Å²) >= 11 is 0. The van der Waals surface area contributed by atoms with Gasteiger partial charge in [0.05, 0.1) is 11.1 Å². The molecule has 0 radical (unpaired) electrons. The van der Waals surface area contributed by atoms with E-state index in [1.165, 1.54) is 7.05 Å². The van der Waals surface area contributed by atoms with Crippen LogP contribution in [0.15, 0.2) is 18.2 Å². The first-order valence-electron chi connectivity index (χ1n) is 5.61. The van der Waals surface area contributed by atoms with Gasteiger partial charge < -0.3 is 11.1 Å². The third kappa shape index (κ3) is 3.46. The standard InChI is InChI=1S/C12H12F6N2O/c1-10(20-2,9(19)21)6-3-7(11(13,14)15)5-8(4-6)12(16,17)18/h3-5,20H,1-2H3,(H2,19,21). The van der Waals surface area contributed by atoms with Crippen LogP contribution in [0.1, 0.15) is 23.6 Å². The van der Waals surface area contributed by atoms with E-state index in [2.05, 4.69) is 5.32 Å². The van der Waals surface area contributed by atoms with Gasteiger partial charge in [-0.3, -0.25) is 4.79 Å². The normalized spacial score (nSPS) is 15.6. The molecular formula is C12H12F6N2O. The van der Waals surface area contributed by atoms with Crippen LogP contribution in [0.3, 0.4) is 0 Å². The van der Waals surface area contributed by atoms with Crippen molar-refractivity contribution in [3.8, 4) is 0 Å². The largest absolute Gasteiger partial charge is 0.416 e. The highest BCUT2D eigenvalue weighted by Crippen LogP contribution is 2.38. The fourth-order valence-corrected chi connectivity index (χ4v) is 1.65. The Morgan fingerprint density at radius 1 is 0.952 bits per heavy atom. The molecule has 1 aromatic carbocycles. The maximum atomic E-state index is 12.7. The second-order valence-corrected chi connectivity index (χ2v) is 4.53. The average molecular weight is 314 g/mol. The molecule has 9 heteroatoms. The van der Waals surface area contributed by atoms with Crippen LogP contribution in [0.2, 0.25) is 0 Å². The highest BCUT2D eigenvalue weighted by Gasteiger charge is 2.40. The number of carbonyl (C=O) groups is 1. The molecule has 0 aliphatic heterocycles. The number of benzene rings is 1. The number of primary amides is 1. The minimum Gasteiger partial charge on any atom is -0.368 e. The maximum absolute atomic E-state index is 12.7. The predicted molar refractivity (Wildman–Crippen MR) is 62.1 cm³/mol. The average Bonchev–Trinajstić information content (AvgIpc) is 2.34. The van der Waals surface area contributed by atoms with Crippen LogP contribution in [0.4, 0.5) is 26.3 Å². The van der Waals surface area contributed by atoms with E-state index in [9.17, 15) is 31.1 Å².